The molecule has 0 aliphatic carbocycles. The first-order chi connectivity index (χ1) is 12.3. The number of fused-ring (bicyclic) bond motifs is 1. The molecule has 25 heavy (non-hydrogen) atoms. The zero-order valence-electron chi connectivity index (χ0n) is 14.0. The minimum atomic E-state index is -0.135. The summed E-state index contributed by atoms with van der Waals surface area (Å²) in [5, 5.41) is 2.93. The molecule has 1 fully saturated rings. The number of benzene rings is 2. The Kier molecular flexibility index (Phi) is 4.57. The Labute approximate surface area is 146 Å². The highest BCUT2D eigenvalue weighted by atomic mass is 16.5. The van der Waals surface area contributed by atoms with Crippen LogP contribution in [0.4, 0.5) is 5.69 Å². The molecule has 1 unspecified atom stereocenters. The third-order valence-electron chi connectivity index (χ3n) is 4.52. The summed E-state index contributed by atoms with van der Waals surface area (Å²) in [4.78, 5) is 12.4. The molecule has 2 aliphatic heterocycles. The maximum atomic E-state index is 12.4. The van der Waals surface area contributed by atoms with Crippen molar-refractivity contribution in [3.63, 3.8) is 0 Å². The van der Waals surface area contributed by atoms with Gasteiger partial charge in [-0.2, -0.15) is 0 Å². The zero-order valence-corrected chi connectivity index (χ0v) is 14.0. The van der Waals surface area contributed by atoms with Gasteiger partial charge in [0.15, 0.2) is 0 Å². The molecule has 5 nitrogen and oxygen atoms in total. The van der Waals surface area contributed by atoms with Gasteiger partial charge in [0.2, 0.25) is 0 Å². The standard InChI is InChI=1S/C20H21NO4/c22-20(21-16-5-8-19-15(12-16)9-11-24-19)14-3-6-17(7-4-14)25-13-18-2-1-10-23-18/h3-8,12,18H,1-2,9-11,13H2,(H,21,22). The number of anilines is 1. The van der Waals surface area contributed by atoms with Crippen LogP contribution in [-0.2, 0) is 11.2 Å². The number of carbonyl (C=O) groups excluding carboxylic acids is 1. The van der Waals surface area contributed by atoms with Gasteiger partial charge in [-0.15, -0.1) is 0 Å². The van der Waals surface area contributed by atoms with Gasteiger partial charge >= 0.3 is 0 Å². The molecule has 130 valence electrons. The second kappa shape index (κ2) is 7.15. The molecule has 0 radical (unpaired) electrons. The Morgan fingerprint density at radius 3 is 2.84 bits per heavy atom. The highest BCUT2D eigenvalue weighted by Gasteiger charge is 2.16. The van der Waals surface area contributed by atoms with E-state index in [1.165, 1.54) is 0 Å². The summed E-state index contributed by atoms with van der Waals surface area (Å²) in [6, 6.07) is 12.9. The van der Waals surface area contributed by atoms with Gasteiger partial charge in [0.25, 0.3) is 5.91 Å². The molecule has 1 amide bonds. The minimum Gasteiger partial charge on any atom is -0.493 e. The molecule has 1 N–H and O–H groups in total. The molecule has 0 bridgehead atoms. The normalized spacial score (nSPS) is 18.5. The number of nitrogens with one attached hydrogen (secondary N) is 1. The van der Waals surface area contributed by atoms with Crippen molar-refractivity contribution in [2.75, 3.05) is 25.1 Å². The number of rotatable bonds is 5. The van der Waals surface area contributed by atoms with E-state index in [-0.39, 0.29) is 12.0 Å². The number of hydrogen-bond acceptors (Lipinski definition) is 4. The van der Waals surface area contributed by atoms with Gasteiger partial charge in [0.05, 0.1) is 12.7 Å². The number of amides is 1. The highest BCUT2D eigenvalue weighted by Crippen LogP contribution is 2.28. The van der Waals surface area contributed by atoms with E-state index in [1.54, 1.807) is 12.1 Å². The smallest absolute Gasteiger partial charge is 0.255 e. The lowest BCUT2D eigenvalue weighted by molar-refractivity contribution is 0.0679. The van der Waals surface area contributed by atoms with Crippen molar-refractivity contribution in [1.29, 1.82) is 0 Å². The second-order valence-electron chi connectivity index (χ2n) is 6.35. The van der Waals surface area contributed by atoms with E-state index in [9.17, 15) is 4.79 Å². The van der Waals surface area contributed by atoms with Crippen molar-refractivity contribution in [1.82, 2.24) is 0 Å². The fourth-order valence-corrected chi connectivity index (χ4v) is 3.14. The molecule has 2 aromatic carbocycles. The van der Waals surface area contributed by atoms with E-state index in [2.05, 4.69) is 5.32 Å². The van der Waals surface area contributed by atoms with E-state index in [4.69, 9.17) is 14.2 Å². The van der Waals surface area contributed by atoms with Crippen LogP contribution in [0.1, 0.15) is 28.8 Å². The number of carbonyl (C=O) groups is 1. The Morgan fingerprint density at radius 2 is 2.04 bits per heavy atom. The molecular weight excluding hydrogens is 318 g/mol. The van der Waals surface area contributed by atoms with Gasteiger partial charge in [0, 0.05) is 24.3 Å². The van der Waals surface area contributed by atoms with Crippen molar-refractivity contribution in [2.24, 2.45) is 0 Å². The molecule has 4 rings (SSSR count). The van der Waals surface area contributed by atoms with Crippen LogP contribution < -0.4 is 14.8 Å². The zero-order chi connectivity index (χ0) is 17.1. The predicted octanol–water partition coefficient (Wildman–Crippen LogP) is 3.43. The third-order valence-corrected chi connectivity index (χ3v) is 4.52. The molecular formula is C20H21NO4. The minimum absolute atomic E-state index is 0.135. The van der Waals surface area contributed by atoms with E-state index in [0.717, 1.165) is 48.6 Å². The fraction of sp³-hybridized carbons (Fsp3) is 0.350. The molecule has 1 atom stereocenters. The van der Waals surface area contributed by atoms with E-state index < -0.39 is 0 Å². The summed E-state index contributed by atoms with van der Waals surface area (Å²) < 4.78 is 16.7. The quantitative estimate of drug-likeness (QED) is 0.907. The average Bonchev–Trinajstić information content (AvgIpc) is 3.31. The lowest BCUT2D eigenvalue weighted by atomic mass is 10.1. The Morgan fingerprint density at radius 1 is 1.16 bits per heavy atom. The predicted molar refractivity (Wildman–Crippen MR) is 94.5 cm³/mol. The van der Waals surface area contributed by atoms with Crippen LogP contribution >= 0.6 is 0 Å². The molecule has 0 saturated carbocycles. The Balaban J connectivity index is 1.35. The summed E-state index contributed by atoms with van der Waals surface area (Å²) in [5.74, 6) is 1.53. The SMILES string of the molecule is O=C(Nc1ccc2c(c1)CCO2)c1ccc(OCC2CCCO2)cc1. The fourth-order valence-electron chi connectivity index (χ4n) is 3.14. The molecule has 2 aliphatic rings. The summed E-state index contributed by atoms with van der Waals surface area (Å²) in [7, 11) is 0. The van der Waals surface area contributed by atoms with E-state index >= 15 is 0 Å². The van der Waals surface area contributed by atoms with Gasteiger partial charge in [-0.05, 0) is 60.9 Å². The summed E-state index contributed by atoms with van der Waals surface area (Å²) in [6.07, 6.45) is 3.22. The van der Waals surface area contributed by atoms with Crippen LogP contribution in [0.2, 0.25) is 0 Å². The highest BCUT2D eigenvalue weighted by molar-refractivity contribution is 6.04. The van der Waals surface area contributed by atoms with Crippen molar-refractivity contribution in [3.8, 4) is 11.5 Å². The lowest BCUT2D eigenvalue weighted by Gasteiger charge is -2.12. The lowest BCUT2D eigenvalue weighted by Crippen LogP contribution is -2.16. The topological polar surface area (TPSA) is 56.8 Å². The summed E-state index contributed by atoms with van der Waals surface area (Å²) >= 11 is 0. The Bertz CT molecular complexity index is 751. The van der Waals surface area contributed by atoms with Crippen molar-refractivity contribution < 1.29 is 19.0 Å². The first-order valence-electron chi connectivity index (χ1n) is 8.69. The van der Waals surface area contributed by atoms with E-state index in [0.29, 0.717) is 18.8 Å². The first-order valence-corrected chi connectivity index (χ1v) is 8.69. The maximum Gasteiger partial charge on any atom is 0.255 e. The second-order valence-corrected chi connectivity index (χ2v) is 6.35. The van der Waals surface area contributed by atoms with Gasteiger partial charge < -0.3 is 19.5 Å². The van der Waals surface area contributed by atoms with Gasteiger partial charge in [-0.25, -0.2) is 0 Å². The van der Waals surface area contributed by atoms with Gasteiger partial charge in [0.1, 0.15) is 18.1 Å². The molecule has 2 aromatic rings. The number of hydrogen-bond donors (Lipinski definition) is 1. The monoisotopic (exact) mass is 339 g/mol. The van der Waals surface area contributed by atoms with Crippen LogP contribution in [-0.4, -0.2) is 31.8 Å². The van der Waals surface area contributed by atoms with Crippen LogP contribution in [0.15, 0.2) is 42.5 Å². The number of ether oxygens (including phenoxy) is 3. The molecule has 0 spiro atoms. The molecule has 0 aromatic heterocycles. The maximum absolute atomic E-state index is 12.4. The molecule has 5 heteroatoms. The van der Waals surface area contributed by atoms with Crippen molar-refractivity contribution in [2.45, 2.75) is 25.4 Å². The molecule has 1 saturated heterocycles. The van der Waals surface area contributed by atoms with Gasteiger partial charge in [-0.3, -0.25) is 4.79 Å². The summed E-state index contributed by atoms with van der Waals surface area (Å²) in [5.41, 5.74) is 2.52. The van der Waals surface area contributed by atoms with E-state index in [1.807, 2.05) is 30.3 Å². The third kappa shape index (κ3) is 3.77. The van der Waals surface area contributed by atoms with Crippen LogP contribution in [0.5, 0.6) is 11.5 Å². The van der Waals surface area contributed by atoms with Crippen LogP contribution in [0.3, 0.4) is 0 Å². The molecule has 2 heterocycles. The first kappa shape index (κ1) is 16.0. The van der Waals surface area contributed by atoms with Gasteiger partial charge in [-0.1, -0.05) is 0 Å². The van der Waals surface area contributed by atoms with Crippen molar-refractivity contribution in [3.05, 3.63) is 53.6 Å². The van der Waals surface area contributed by atoms with Crippen LogP contribution in [0.25, 0.3) is 0 Å². The van der Waals surface area contributed by atoms with Crippen molar-refractivity contribution >= 4 is 11.6 Å². The largest absolute Gasteiger partial charge is 0.493 e. The summed E-state index contributed by atoms with van der Waals surface area (Å²) in [6.45, 7) is 2.09. The average molecular weight is 339 g/mol. The van der Waals surface area contributed by atoms with Crippen LogP contribution in [0, 0.1) is 0 Å². The Hall–Kier alpha value is -2.53.